The summed E-state index contributed by atoms with van der Waals surface area (Å²) in [6, 6.07) is 25.1. The van der Waals surface area contributed by atoms with Gasteiger partial charge in [-0.15, -0.1) is 0 Å². The number of carboxylic acid groups (broad SMARTS) is 1. The summed E-state index contributed by atoms with van der Waals surface area (Å²) in [6.45, 7) is 20.2. The predicted octanol–water partition coefficient (Wildman–Crippen LogP) is 7.24. The second-order valence-corrected chi connectivity index (χ2v) is 24.2. The largest absolute Gasteiger partial charge is 0.478 e. The number of anilines is 2. The molecule has 462 valence electrons. The van der Waals surface area contributed by atoms with Gasteiger partial charge in [-0.25, -0.2) is 14.4 Å². The van der Waals surface area contributed by atoms with Crippen LogP contribution in [0.2, 0.25) is 0 Å². The van der Waals surface area contributed by atoms with Crippen LogP contribution in [0.15, 0.2) is 109 Å². The second kappa shape index (κ2) is 31.6. The molecule has 0 saturated heterocycles. The number of carbonyl (C=O) groups excluding carboxylic acids is 7. The Morgan fingerprint density at radius 1 is 0.767 bits per heavy atom. The minimum atomic E-state index is -1.10. The van der Waals surface area contributed by atoms with Crippen LogP contribution >= 0.6 is 0 Å². The van der Waals surface area contributed by atoms with Crippen molar-refractivity contribution in [3.63, 3.8) is 0 Å². The van der Waals surface area contributed by atoms with E-state index in [9.17, 15) is 43.5 Å². The van der Waals surface area contributed by atoms with Gasteiger partial charge in [0.2, 0.25) is 29.5 Å². The zero-order chi connectivity index (χ0) is 63.5. The normalized spacial score (nSPS) is 14.1. The van der Waals surface area contributed by atoms with Crippen LogP contribution in [0.5, 0.6) is 0 Å². The fourth-order valence-electron chi connectivity index (χ4n) is 10.1. The molecule has 0 spiro atoms. The summed E-state index contributed by atoms with van der Waals surface area (Å²) in [5.41, 5.74) is 10.1. The number of alkyl carbamates (subject to hydrolysis) is 1. The van der Waals surface area contributed by atoms with Crippen LogP contribution < -0.4 is 47.9 Å². The van der Waals surface area contributed by atoms with Crippen molar-refractivity contribution in [2.75, 3.05) is 37.4 Å². The van der Waals surface area contributed by atoms with Crippen molar-refractivity contribution >= 4 is 59.0 Å². The number of urea groups is 1. The first-order valence-electron chi connectivity index (χ1n) is 29.2. The highest BCUT2D eigenvalue weighted by molar-refractivity contribution is 6.00. The lowest BCUT2D eigenvalue weighted by atomic mass is 9.76. The maximum atomic E-state index is 14.2. The summed E-state index contributed by atoms with van der Waals surface area (Å²) in [6.07, 6.45) is 1.11. The SMILES string of the molecule is CN[C@H](C(=O)N[C@H](CN(C)[C@H](/C=C(\C)C(=O)O)C(C)C)C(C)(C)C)C(C)(C)c1cccc(CNC(=O)OCc2ccc(NC(=O)[C@H](CCCNC(N)=O)NC(=O)[C@@H](NC(=O)CCC(=O)N3Cc4ccccc4C#Cc4ccccc43)C(C)C)cc2)c1. The molecule has 5 atom stereocenters. The average molecular weight is 1180 g/mol. The first-order chi connectivity index (χ1) is 40.6. The number of aliphatic carboxylic acids is 1. The summed E-state index contributed by atoms with van der Waals surface area (Å²) in [5, 5.41) is 29.8. The van der Waals surface area contributed by atoms with Crippen LogP contribution in [0.1, 0.15) is 128 Å². The lowest BCUT2D eigenvalue weighted by Crippen LogP contribution is -2.59. The predicted molar refractivity (Wildman–Crippen MR) is 333 cm³/mol. The van der Waals surface area contributed by atoms with Gasteiger partial charge in [-0.3, -0.25) is 28.9 Å². The van der Waals surface area contributed by atoms with E-state index in [1.54, 1.807) is 63.1 Å². The number of amides is 8. The molecule has 4 aromatic rings. The number of likely N-dealkylation sites (N-methyl/N-ethyl adjacent to an activating group) is 2. The molecule has 1 aliphatic rings. The first kappa shape index (κ1) is 68.2. The number of fused-ring (bicyclic) bond motifs is 2. The number of primary amides is 1. The van der Waals surface area contributed by atoms with Crippen LogP contribution in [0.4, 0.5) is 21.0 Å². The topological polar surface area (TPSA) is 283 Å². The van der Waals surface area contributed by atoms with Crippen LogP contribution in [-0.4, -0.2) is 115 Å². The molecule has 10 N–H and O–H groups in total. The first-order valence-corrected chi connectivity index (χ1v) is 29.2. The number of ether oxygens (including phenoxy) is 1. The van der Waals surface area contributed by atoms with Crippen molar-refractivity contribution in [1.82, 2.24) is 36.8 Å². The van der Waals surface area contributed by atoms with Gasteiger partial charge in [0.05, 0.1) is 18.3 Å². The number of hydrogen-bond acceptors (Lipinski definition) is 11. The van der Waals surface area contributed by atoms with E-state index < -0.39 is 65.3 Å². The molecule has 8 amide bonds. The van der Waals surface area contributed by atoms with Gasteiger partial charge in [-0.2, -0.15) is 0 Å². The lowest BCUT2D eigenvalue weighted by Gasteiger charge is -2.40. The quantitative estimate of drug-likeness (QED) is 0.0155. The monoisotopic (exact) mass is 1180 g/mol. The molecule has 0 saturated carbocycles. The molecule has 4 aromatic carbocycles. The molecule has 0 radical (unpaired) electrons. The number of nitrogens with two attached hydrogens (primary N) is 1. The third kappa shape index (κ3) is 20.0. The highest BCUT2D eigenvalue weighted by Gasteiger charge is 2.39. The number of hydrogen-bond donors (Lipinski definition) is 9. The standard InChI is InChI=1S/C66H88N10O10/c1-41(2)53(35-43(5)62(82)83)75(12)39-54(65(6,7)8)73-61(81)58(68-11)66(9,10)49-23-17-19-45(36-49)37-70-64(85)86-40-44-26-30-50(31-27-44)71-59(79)51(24-18-34-69-63(67)84)72-60(80)57(42(3)4)74-55(77)32-33-56(78)76-38-48-22-14-13-20-46(48)28-29-47-21-15-16-25-52(47)76/h13-17,19-23,25-27,30-31,35-36,41-42,51,53-54,57-58,68H,18,24,32-34,37-40H2,1-12H3,(H,70,85)(H,71,79)(H,72,80)(H,73,81)(H,74,77)(H,82,83)(H3,67,69,84)/b43-35+/t51-,53+,54+,57-,58+/m0/s1. The van der Waals surface area contributed by atoms with Gasteiger partial charge in [-0.1, -0.05) is 147 Å². The minimum absolute atomic E-state index is 0.0911. The van der Waals surface area contributed by atoms with Gasteiger partial charge < -0.3 is 57.7 Å². The van der Waals surface area contributed by atoms with Gasteiger partial charge in [0, 0.05) is 72.4 Å². The number of rotatable bonds is 28. The number of carbonyl (C=O) groups is 8. The van der Waals surface area contributed by atoms with Crippen molar-refractivity contribution in [3.8, 4) is 11.8 Å². The maximum absolute atomic E-state index is 14.2. The Kier molecular flexibility index (Phi) is 25.0. The summed E-state index contributed by atoms with van der Waals surface area (Å²) >= 11 is 0. The van der Waals surface area contributed by atoms with E-state index in [4.69, 9.17) is 10.5 Å². The molecule has 20 nitrogen and oxygen atoms in total. The van der Waals surface area contributed by atoms with E-state index in [-0.39, 0.29) is 92.7 Å². The lowest BCUT2D eigenvalue weighted by molar-refractivity contribution is -0.132. The van der Waals surface area contributed by atoms with Crippen molar-refractivity contribution in [1.29, 1.82) is 0 Å². The Hall–Kier alpha value is -8.54. The van der Waals surface area contributed by atoms with Crippen molar-refractivity contribution < 1.29 is 48.2 Å². The molecule has 1 heterocycles. The van der Waals surface area contributed by atoms with Crippen molar-refractivity contribution in [2.24, 2.45) is 23.0 Å². The molecule has 20 heteroatoms. The third-order valence-electron chi connectivity index (χ3n) is 15.4. The summed E-state index contributed by atoms with van der Waals surface area (Å²) in [7, 11) is 3.69. The average Bonchev–Trinajstić information content (AvgIpc) is 1.55. The number of para-hydroxylation sites is 1. The van der Waals surface area contributed by atoms with Crippen molar-refractivity contribution in [2.45, 2.75) is 150 Å². The second-order valence-electron chi connectivity index (χ2n) is 24.2. The maximum Gasteiger partial charge on any atom is 0.407 e. The molecule has 86 heavy (non-hydrogen) atoms. The fourth-order valence-corrected chi connectivity index (χ4v) is 10.1. The van der Waals surface area contributed by atoms with E-state index in [0.717, 1.165) is 22.3 Å². The fraction of sp³-hybridized carbons (Fsp3) is 0.455. The van der Waals surface area contributed by atoms with Crippen LogP contribution in [0.25, 0.3) is 0 Å². The number of nitrogens with zero attached hydrogens (tertiary/aromatic N) is 2. The van der Waals surface area contributed by atoms with E-state index in [2.05, 4.69) is 74.7 Å². The number of nitrogens with one attached hydrogen (secondary N) is 7. The molecular formula is C66H88N10O10. The summed E-state index contributed by atoms with van der Waals surface area (Å²) in [4.78, 5) is 109. The zero-order valence-electron chi connectivity index (χ0n) is 51.8. The Morgan fingerprint density at radius 3 is 2.07 bits per heavy atom. The van der Waals surface area contributed by atoms with Crippen molar-refractivity contribution in [3.05, 3.63) is 142 Å². The van der Waals surface area contributed by atoms with Crippen LogP contribution in [0.3, 0.4) is 0 Å². The van der Waals surface area contributed by atoms with Gasteiger partial charge in [0.1, 0.15) is 18.7 Å². The molecule has 0 aromatic heterocycles. The molecule has 0 aliphatic carbocycles. The van der Waals surface area contributed by atoms with Gasteiger partial charge in [-0.05, 0) is 104 Å². The molecule has 1 aliphatic heterocycles. The summed E-state index contributed by atoms with van der Waals surface area (Å²) < 4.78 is 5.54. The minimum Gasteiger partial charge on any atom is -0.478 e. The highest BCUT2D eigenvalue weighted by atomic mass is 16.5. The van der Waals surface area contributed by atoms with E-state index >= 15 is 0 Å². The molecule has 0 fully saturated rings. The molecule has 5 rings (SSSR count). The van der Waals surface area contributed by atoms with Gasteiger partial charge >= 0.3 is 18.1 Å². The van der Waals surface area contributed by atoms with E-state index in [1.807, 2.05) is 108 Å². The zero-order valence-corrected chi connectivity index (χ0v) is 51.8. The Morgan fingerprint density at radius 2 is 1.43 bits per heavy atom. The third-order valence-corrected chi connectivity index (χ3v) is 15.4. The number of carboxylic acids is 1. The molecule has 0 bridgehead atoms. The van der Waals surface area contributed by atoms with Gasteiger partial charge in [0.25, 0.3) is 0 Å². The highest BCUT2D eigenvalue weighted by Crippen LogP contribution is 2.31. The molecular weight excluding hydrogens is 1090 g/mol. The van der Waals surface area contributed by atoms with Crippen LogP contribution in [-0.2, 0) is 58.6 Å². The van der Waals surface area contributed by atoms with E-state index in [0.29, 0.717) is 29.0 Å². The Bertz CT molecular complexity index is 3140. The molecule has 0 unspecified atom stereocenters. The van der Waals surface area contributed by atoms with Gasteiger partial charge in [0.15, 0.2) is 0 Å². The number of benzene rings is 4. The van der Waals surface area contributed by atoms with Crippen LogP contribution in [0, 0.1) is 29.1 Å². The smallest absolute Gasteiger partial charge is 0.407 e. The van der Waals surface area contributed by atoms with E-state index in [1.165, 1.54) is 0 Å². The summed E-state index contributed by atoms with van der Waals surface area (Å²) in [5.74, 6) is 2.91. The Balaban J connectivity index is 1.15. The Labute approximate surface area is 506 Å².